The topological polar surface area (TPSA) is 156 Å². The quantitative estimate of drug-likeness (QED) is 0.201. The molecule has 0 aliphatic heterocycles. The third-order valence-corrected chi connectivity index (χ3v) is 3.41. The van der Waals surface area contributed by atoms with E-state index in [1.807, 2.05) is 0 Å². The van der Waals surface area contributed by atoms with Gasteiger partial charge in [0, 0.05) is 63.0 Å². The van der Waals surface area contributed by atoms with Crippen molar-refractivity contribution in [1.82, 2.24) is 5.32 Å². The minimum Gasteiger partial charge on any atom is -0.550 e. The molecule has 2 atom stereocenters. The Hall–Kier alpha value is 0. The standard InChI is InChI=1S/C16H27NO8.2Na/c1-11(16(23)24)8-13(19)9-12(10-14(20)21)15(22)17-4-2-6-25-7-3-5-18;;/h11-12,18H,2-10H2,1H3,(H,17,22)(H,20,21)(H,23,24);;/q;2*+1/p-2. The van der Waals surface area contributed by atoms with E-state index in [2.05, 4.69) is 5.32 Å². The summed E-state index contributed by atoms with van der Waals surface area (Å²) >= 11 is 0. The second-order valence-corrected chi connectivity index (χ2v) is 5.77. The Balaban J connectivity index is -0.00000288. The van der Waals surface area contributed by atoms with E-state index in [4.69, 9.17) is 9.84 Å². The first-order valence-electron chi connectivity index (χ1n) is 8.16. The summed E-state index contributed by atoms with van der Waals surface area (Å²) in [6.45, 7) is 2.35. The van der Waals surface area contributed by atoms with Gasteiger partial charge >= 0.3 is 59.1 Å². The normalized spacial score (nSPS) is 12.1. The van der Waals surface area contributed by atoms with E-state index in [1.54, 1.807) is 0 Å². The van der Waals surface area contributed by atoms with E-state index in [1.165, 1.54) is 6.92 Å². The smallest absolute Gasteiger partial charge is 0.550 e. The molecule has 2 N–H and O–H groups in total. The largest absolute Gasteiger partial charge is 1.00 e. The maximum absolute atomic E-state index is 12.0. The van der Waals surface area contributed by atoms with Crippen LogP contribution in [0.5, 0.6) is 0 Å². The second-order valence-electron chi connectivity index (χ2n) is 5.77. The van der Waals surface area contributed by atoms with Crippen molar-refractivity contribution in [3.8, 4) is 0 Å². The Kier molecular flexibility index (Phi) is 22.7. The van der Waals surface area contributed by atoms with Gasteiger partial charge in [0.1, 0.15) is 5.78 Å². The predicted molar refractivity (Wildman–Crippen MR) is 81.7 cm³/mol. The number of carboxylic acids is 2. The number of ether oxygens (including phenoxy) is 1. The summed E-state index contributed by atoms with van der Waals surface area (Å²) in [6.07, 6.45) is -0.302. The molecule has 0 radical (unpaired) electrons. The van der Waals surface area contributed by atoms with Crippen LogP contribution in [0.25, 0.3) is 0 Å². The van der Waals surface area contributed by atoms with Gasteiger partial charge in [-0.15, -0.1) is 0 Å². The number of aliphatic hydroxyl groups excluding tert-OH is 1. The third-order valence-electron chi connectivity index (χ3n) is 3.41. The van der Waals surface area contributed by atoms with E-state index in [-0.39, 0.29) is 85.1 Å². The van der Waals surface area contributed by atoms with Crippen molar-refractivity contribution in [1.29, 1.82) is 0 Å². The van der Waals surface area contributed by atoms with E-state index in [0.29, 0.717) is 26.1 Å². The van der Waals surface area contributed by atoms with E-state index in [9.17, 15) is 29.4 Å². The van der Waals surface area contributed by atoms with Crippen molar-refractivity contribution in [3.63, 3.8) is 0 Å². The number of aliphatic hydroxyl groups is 1. The number of ketones is 1. The number of carbonyl (C=O) groups excluding carboxylic acids is 4. The monoisotopic (exact) mass is 405 g/mol. The van der Waals surface area contributed by atoms with Crippen LogP contribution in [0.4, 0.5) is 0 Å². The van der Waals surface area contributed by atoms with Gasteiger partial charge in [0.15, 0.2) is 0 Å². The summed E-state index contributed by atoms with van der Waals surface area (Å²) in [4.78, 5) is 45.2. The molecule has 0 saturated heterocycles. The van der Waals surface area contributed by atoms with Crippen molar-refractivity contribution in [2.75, 3.05) is 26.4 Å². The number of carbonyl (C=O) groups is 4. The Bertz CT molecular complexity index is 462. The second kappa shape index (κ2) is 19.3. The van der Waals surface area contributed by atoms with Gasteiger partial charge in [-0.05, 0) is 19.3 Å². The molecule has 9 nitrogen and oxygen atoms in total. The molecule has 0 aliphatic rings. The number of Topliss-reactive ketones (excluding diaryl/α,β-unsaturated/α-hetero) is 1. The van der Waals surface area contributed by atoms with Crippen LogP contribution in [-0.2, 0) is 23.9 Å². The molecule has 0 aliphatic carbocycles. The number of nitrogens with one attached hydrogen (secondary N) is 1. The molecule has 0 spiro atoms. The summed E-state index contributed by atoms with van der Waals surface area (Å²) < 4.78 is 5.18. The van der Waals surface area contributed by atoms with Crippen LogP contribution >= 0.6 is 0 Å². The summed E-state index contributed by atoms with van der Waals surface area (Å²) in [5, 5.41) is 32.5. The summed E-state index contributed by atoms with van der Waals surface area (Å²) in [7, 11) is 0. The molecule has 0 bridgehead atoms. The van der Waals surface area contributed by atoms with Crippen LogP contribution in [0, 0.1) is 11.8 Å². The summed E-state index contributed by atoms with van der Waals surface area (Å²) in [5.41, 5.74) is 0. The molecule has 1 amide bonds. The van der Waals surface area contributed by atoms with Gasteiger partial charge in [0.25, 0.3) is 0 Å². The summed E-state index contributed by atoms with van der Waals surface area (Å²) in [5.74, 6) is -6.08. The van der Waals surface area contributed by atoms with Crippen molar-refractivity contribution in [3.05, 3.63) is 0 Å². The fourth-order valence-corrected chi connectivity index (χ4v) is 2.04. The zero-order valence-electron chi connectivity index (χ0n) is 16.3. The first-order chi connectivity index (χ1) is 11.8. The van der Waals surface area contributed by atoms with Crippen LogP contribution in [0.15, 0.2) is 0 Å². The first-order valence-corrected chi connectivity index (χ1v) is 8.16. The van der Waals surface area contributed by atoms with Gasteiger partial charge in [-0.1, -0.05) is 6.92 Å². The first kappa shape index (κ1) is 31.7. The molecule has 0 fully saturated rings. The molecule has 0 saturated carbocycles. The van der Waals surface area contributed by atoms with Gasteiger partial charge in [-0.2, -0.15) is 0 Å². The average Bonchev–Trinajstić information content (AvgIpc) is 2.52. The van der Waals surface area contributed by atoms with Gasteiger partial charge in [-0.25, -0.2) is 0 Å². The minimum atomic E-state index is -1.46. The van der Waals surface area contributed by atoms with Crippen LogP contribution < -0.4 is 74.6 Å². The Labute approximate surface area is 203 Å². The Morgan fingerprint density at radius 1 is 1.00 bits per heavy atom. The minimum absolute atomic E-state index is 0. The van der Waals surface area contributed by atoms with Crippen LogP contribution in [-0.4, -0.2) is 55.1 Å². The molecule has 11 heteroatoms. The van der Waals surface area contributed by atoms with Gasteiger partial charge in [0.2, 0.25) is 5.91 Å². The number of hydrogen-bond acceptors (Lipinski definition) is 8. The SMILES string of the molecule is CC(CC(=O)CC(CC(=O)[O-])C(=O)NCCCOCCCO)C(=O)[O-].[Na+].[Na+]. The summed E-state index contributed by atoms with van der Waals surface area (Å²) in [6, 6.07) is 0. The number of hydrogen-bond donors (Lipinski definition) is 2. The van der Waals surface area contributed by atoms with Gasteiger partial charge in [0.05, 0.1) is 0 Å². The zero-order valence-corrected chi connectivity index (χ0v) is 20.3. The number of carboxylic acid groups (broad SMARTS) is 2. The van der Waals surface area contributed by atoms with E-state index < -0.39 is 41.9 Å². The van der Waals surface area contributed by atoms with Crippen molar-refractivity contribution < 1.29 is 98.3 Å². The van der Waals surface area contributed by atoms with Crippen molar-refractivity contribution in [2.24, 2.45) is 11.8 Å². The molecular formula is C16H25NNa2O8. The van der Waals surface area contributed by atoms with Gasteiger partial charge in [-0.3, -0.25) is 9.59 Å². The van der Waals surface area contributed by atoms with Crippen molar-refractivity contribution >= 4 is 23.6 Å². The number of amides is 1. The number of aliphatic carboxylic acids is 2. The fourth-order valence-electron chi connectivity index (χ4n) is 2.04. The molecule has 0 aromatic heterocycles. The van der Waals surface area contributed by atoms with Crippen LogP contribution in [0.3, 0.4) is 0 Å². The Morgan fingerprint density at radius 2 is 1.59 bits per heavy atom. The van der Waals surface area contributed by atoms with Crippen LogP contribution in [0.2, 0.25) is 0 Å². The van der Waals surface area contributed by atoms with E-state index >= 15 is 0 Å². The number of rotatable bonds is 15. The van der Waals surface area contributed by atoms with E-state index in [0.717, 1.165) is 0 Å². The molecular weight excluding hydrogens is 380 g/mol. The Morgan fingerprint density at radius 3 is 2.11 bits per heavy atom. The average molecular weight is 405 g/mol. The molecule has 0 aromatic carbocycles. The molecule has 0 rings (SSSR count). The third kappa shape index (κ3) is 17.8. The molecule has 0 aromatic rings. The molecule has 144 valence electrons. The molecule has 2 unspecified atom stereocenters. The molecule has 27 heavy (non-hydrogen) atoms. The maximum Gasteiger partial charge on any atom is 1.00 e. The fraction of sp³-hybridized carbons (Fsp3) is 0.750. The zero-order chi connectivity index (χ0) is 19.2. The van der Waals surface area contributed by atoms with Gasteiger partial charge < -0.3 is 35.0 Å². The maximum atomic E-state index is 12.0. The van der Waals surface area contributed by atoms with Crippen molar-refractivity contribution in [2.45, 2.75) is 39.0 Å². The van der Waals surface area contributed by atoms with Crippen LogP contribution in [0.1, 0.15) is 39.0 Å². The predicted octanol–water partition coefficient (Wildman–Crippen LogP) is -8.61. The molecule has 0 heterocycles.